The summed E-state index contributed by atoms with van der Waals surface area (Å²) < 4.78 is 4.80. The highest BCUT2D eigenvalue weighted by atomic mass is 16.5. The molecular formula is C10H17N3O2. The van der Waals surface area contributed by atoms with Crippen LogP contribution < -0.4 is 16.8 Å². The van der Waals surface area contributed by atoms with E-state index in [1.54, 1.807) is 19.2 Å². The number of hydrogen-bond donors (Lipinski definition) is 4. The van der Waals surface area contributed by atoms with E-state index in [9.17, 15) is 5.11 Å². The van der Waals surface area contributed by atoms with E-state index in [2.05, 4.69) is 5.32 Å². The van der Waals surface area contributed by atoms with Crippen molar-refractivity contribution in [2.45, 2.75) is 6.10 Å². The zero-order valence-corrected chi connectivity index (χ0v) is 8.73. The quantitative estimate of drug-likeness (QED) is 0.524. The molecule has 0 saturated heterocycles. The zero-order valence-electron chi connectivity index (χ0n) is 8.73. The van der Waals surface area contributed by atoms with Crippen molar-refractivity contribution >= 4 is 17.1 Å². The van der Waals surface area contributed by atoms with Gasteiger partial charge < -0.3 is 26.6 Å². The maximum Gasteiger partial charge on any atom is 0.0945 e. The number of nitrogen functional groups attached to an aromatic ring is 2. The van der Waals surface area contributed by atoms with Crippen molar-refractivity contribution in [3.63, 3.8) is 0 Å². The highest BCUT2D eigenvalue weighted by molar-refractivity contribution is 5.69. The molecule has 15 heavy (non-hydrogen) atoms. The molecule has 5 nitrogen and oxygen atoms in total. The van der Waals surface area contributed by atoms with Gasteiger partial charge >= 0.3 is 0 Å². The summed E-state index contributed by atoms with van der Waals surface area (Å²) in [5, 5.41) is 12.4. The Kier molecular flexibility index (Phi) is 4.20. The summed E-state index contributed by atoms with van der Waals surface area (Å²) in [4.78, 5) is 0. The Hall–Kier alpha value is -1.46. The van der Waals surface area contributed by atoms with E-state index in [1.165, 1.54) is 0 Å². The number of nitrogens with two attached hydrogens (primary N) is 2. The Labute approximate surface area is 89.0 Å². The molecule has 1 rings (SSSR count). The first-order chi connectivity index (χ1) is 7.13. The first-order valence-corrected chi connectivity index (χ1v) is 4.69. The van der Waals surface area contributed by atoms with E-state index in [1.807, 2.05) is 6.07 Å². The fraction of sp³-hybridized carbons (Fsp3) is 0.400. The minimum atomic E-state index is -0.534. The molecule has 84 valence electrons. The lowest BCUT2D eigenvalue weighted by molar-refractivity contribution is 0.0727. The molecule has 0 spiro atoms. The van der Waals surface area contributed by atoms with Gasteiger partial charge in [0.15, 0.2) is 0 Å². The molecule has 1 atom stereocenters. The van der Waals surface area contributed by atoms with Gasteiger partial charge in [-0.3, -0.25) is 0 Å². The summed E-state index contributed by atoms with van der Waals surface area (Å²) >= 11 is 0. The molecule has 0 radical (unpaired) electrons. The molecule has 6 N–H and O–H groups in total. The van der Waals surface area contributed by atoms with Crippen LogP contribution in [-0.2, 0) is 4.74 Å². The number of ether oxygens (including phenoxy) is 1. The smallest absolute Gasteiger partial charge is 0.0945 e. The second kappa shape index (κ2) is 5.43. The highest BCUT2D eigenvalue weighted by Crippen LogP contribution is 2.19. The van der Waals surface area contributed by atoms with Gasteiger partial charge in [0.1, 0.15) is 0 Å². The SMILES string of the molecule is COCC(O)CNc1ccc(N)c(N)c1. The van der Waals surface area contributed by atoms with Crippen LogP contribution in [0.1, 0.15) is 0 Å². The second-order valence-electron chi connectivity index (χ2n) is 3.33. The van der Waals surface area contributed by atoms with Crippen molar-refractivity contribution in [3.8, 4) is 0 Å². The Morgan fingerprint density at radius 1 is 1.40 bits per heavy atom. The normalized spacial score (nSPS) is 12.4. The van der Waals surface area contributed by atoms with Gasteiger partial charge in [0, 0.05) is 19.3 Å². The first-order valence-electron chi connectivity index (χ1n) is 4.69. The standard InChI is InChI=1S/C10H17N3O2/c1-15-6-8(14)5-13-7-2-3-9(11)10(12)4-7/h2-4,8,13-14H,5-6,11-12H2,1H3. The van der Waals surface area contributed by atoms with Crippen LogP contribution in [0.2, 0.25) is 0 Å². The third-order valence-electron chi connectivity index (χ3n) is 1.99. The lowest BCUT2D eigenvalue weighted by Gasteiger charge is -2.12. The summed E-state index contributed by atoms with van der Waals surface area (Å²) in [7, 11) is 1.55. The van der Waals surface area contributed by atoms with Crippen LogP contribution >= 0.6 is 0 Å². The van der Waals surface area contributed by atoms with E-state index < -0.39 is 6.10 Å². The number of rotatable bonds is 5. The van der Waals surface area contributed by atoms with Crippen LogP contribution in [0.4, 0.5) is 17.1 Å². The Balaban J connectivity index is 2.47. The van der Waals surface area contributed by atoms with E-state index in [0.717, 1.165) is 5.69 Å². The summed E-state index contributed by atoms with van der Waals surface area (Å²) in [6, 6.07) is 5.26. The number of benzene rings is 1. The van der Waals surface area contributed by atoms with E-state index >= 15 is 0 Å². The van der Waals surface area contributed by atoms with Crippen LogP contribution in [0, 0.1) is 0 Å². The molecule has 1 aromatic carbocycles. The molecule has 0 fully saturated rings. The largest absolute Gasteiger partial charge is 0.397 e. The van der Waals surface area contributed by atoms with Gasteiger partial charge in [0.05, 0.1) is 24.1 Å². The Bertz CT molecular complexity index is 318. The lowest BCUT2D eigenvalue weighted by Crippen LogP contribution is -2.24. The van der Waals surface area contributed by atoms with Crippen LogP contribution in [0.3, 0.4) is 0 Å². The van der Waals surface area contributed by atoms with Crippen LogP contribution in [-0.4, -0.2) is 31.5 Å². The molecule has 0 heterocycles. The molecular weight excluding hydrogens is 194 g/mol. The molecule has 0 amide bonds. The first kappa shape index (κ1) is 11.6. The topological polar surface area (TPSA) is 93.5 Å². The van der Waals surface area contributed by atoms with Gasteiger partial charge in [-0.2, -0.15) is 0 Å². The molecule has 0 aromatic heterocycles. The molecule has 5 heteroatoms. The van der Waals surface area contributed by atoms with Gasteiger partial charge in [0.2, 0.25) is 0 Å². The molecule has 0 bridgehead atoms. The van der Waals surface area contributed by atoms with Crippen molar-refractivity contribution < 1.29 is 9.84 Å². The van der Waals surface area contributed by atoms with E-state index in [0.29, 0.717) is 24.5 Å². The number of aliphatic hydroxyl groups is 1. The average molecular weight is 211 g/mol. The predicted octanol–water partition coefficient (Wildman–Crippen LogP) is 0.270. The maximum atomic E-state index is 9.39. The zero-order chi connectivity index (χ0) is 11.3. The van der Waals surface area contributed by atoms with Crippen LogP contribution in [0.25, 0.3) is 0 Å². The lowest BCUT2D eigenvalue weighted by atomic mass is 10.2. The molecule has 1 unspecified atom stereocenters. The number of aliphatic hydroxyl groups excluding tert-OH is 1. The summed E-state index contributed by atoms with van der Waals surface area (Å²) in [5.41, 5.74) is 13.1. The third kappa shape index (κ3) is 3.65. The highest BCUT2D eigenvalue weighted by Gasteiger charge is 2.03. The van der Waals surface area contributed by atoms with Crippen molar-refractivity contribution in [2.24, 2.45) is 0 Å². The van der Waals surface area contributed by atoms with Gasteiger partial charge in [-0.1, -0.05) is 0 Å². The summed E-state index contributed by atoms with van der Waals surface area (Å²) in [6.45, 7) is 0.717. The summed E-state index contributed by atoms with van der Waals surface area (Å²) in [6.07, 6.45) is -0.534. The van der Waals surface area contributed by atoms with Gasteiger partial charge in [0.25, 0.3) is 0 Å². The van der Waals surface area contributed by atoms with Crippen LogP contribution in [0.15, 0.2) is 18.2 Å². The molecule has 0 saturated carbocycles. The monoisotopic (exact) mass is 211 g/mol. The Morgan fingerprint density at radius 3 is 2.73 bits per heavy atom. The van der Waals surface area contributed by atoms with Crippen molar-refractivity contribution in [1.29, 1.82) is 0 Å². The fourth-order valence-corrected chi connectivity index (χ4v) is 1.17. The molecule has 0 aliphatic heterocycles. The molecule has 0 aliphatic rings. The molecule has 0 aliphatic carbocycles. The maximum absolute atomic E-state index is 9.39. The third-order valence-corrected chi connectivity index (χ3v) is 1.99. The number of anilines is 3. The fourth-order valence-electron chi connectivity index (χ4n) is 1.17. The van der Waals surface area contributed by atoms with Crippen molar-refractivity contribution in [1.82, 2.24) is 0 Å². The van der Waals surface area contributed by atoms with Crippen molar-refractivity contribution in [2.75, 3.05) is 37.0 Å². The number of hydrogen-bond acceptors (Lipinski definition) is 5. The average Bonchev–Trinajstić information content (AvgIpc) is 2.20. The second-order valence-corrected chi connectivity index (χ2v) is 3.33. The van der Waals surface area contributed by atoms with Gasteiger partial charge in [-0.15, -0.1) is 0 Å². The molecule has 1 aromatic rings. The summed E-state index contributed by atoms with van der Waals surface area (Å²) in [5.74, 6) is 0. The minimum absolute atomic E-state index is 0.303. The van der Waals surface area contributed by atoms with Crippen LogP contribution in [0.5, 0.6) is 0 Å². The van der Waals surface area contributed by atoms with Gasteiger partial charge in [-0.25, -0.2) is 0 Å². The minimum Gasteiger partial charge on any atom is -0.397 e. The number of methoxy groups -OCH3 is 1. The van der Waals surface area contributed by atoms with E-state index in [4.69, 9.17) is 16.2 Å². The predicted molar refractivity (Wildman–Crippen MR) is 61.6 cm³/mol. The number of nitrogens with one attached hydrogen (secondary N) is 1. The Morgan fingerprint density at radius 2 is 2.13 bits per heavy atom. The van der Waals surface area contributed by atoms with Crippen molar-refractivity contribution in [3.05, 3.63) is 18.2 Å². The van der Waals surface area contributed by atoms with E-state index in [-0.39, 0.29) is 0 Å². The van der Waals surface area contributed by atoms with Gasteiger partial charge in [-0.05, 0) is 18.2 Å².